The Morgan fingerprint density at radius 3 is 2.40 bits per heavy atom. The summed E-state index contributed by atoms with van der Waals surface area (Å²) in [5.41, 5.74) is 0.692. The maximum Gasteiger partial charge on any atom is 0.227 e. The Morgan fingerprint density at radius 2 is 1.80 bits per heavy atom. The molecule has 1 aliphatic heterocycles. The van der Waals surface area contributed by atoms with Crippen LogP contribution in [0.25, 0.3) is 0 Å². The first-order valence-electron chi connectivity index (χ1n) is 8.35. The number of methoxy groups -OCH3 is 1. The number of ether oxygens (including phenoxy) is 1. The summed E-state index contributed by atoms with van der Waals surface area (Å²) in [4.78, 5) is 29.8. The molecule has 132 valence electrons. The molecule has 0 radical (unpaired) electrons. The van der Waals surface area contributed by atoms with Crippen molar-refractivity contribution in [3.05, 3.63) is 52.2 Å². The van der Waals surface area contributed by atoms with E-state index in [1.807, 2.05) is 22.4 Å². The molecule has 0 atom stereocenters. The molecule has 0 unspecified atom stereocenters. The molecule has 5 nitrogen and oxygen atoms in total. The van der Waals surface area contributed by atoms with Crippen LogP contribution in [0.15, 0.2) is 41.8 Å². The highest BCUT2D eigenvalue weighted by atomic mass is 32.1. The number of hydrogen-bond donors (Lipinski definition) is 0. The number of rotatable bonds is 6. The van der Waals surface area contributed by atoms with Crippen molar-refractivity contribution in [3.8, 4) is 5.75 Å². The number of nitrogens with zero attached hydrogens (tertiary/aromatic N) is 2. The lowest BCUT2D eigenvalue weighted by molar-refractivity contribution is -0.132. The van der Waals surface area contributed by atoms with Crippen molar-refractivity contribution < 1.29 is 14.3 Å². The van der Waals surface area contributed by atoms with Gasteiger partial charge < -0.3 is 9.64 Å². The zero-order chi connectivity index (χ0) is 17.6. The standard InChI is InChI=1S/C19H22N2O3S/c1-24-16-6-4-15(5-7-16)18(22)14-20-8-10-21(11-9-20)19(23)13-17-3-2-12-25-17/h2-7,12H,8-11,13-14H2,1H3. The average molecular weight is 358 g/mol. The summed E-state index contributed by atoms with van der Waals surface area (Å²) in [6.45, 7) is 3.22. The SMILES string of the molecule is COc1ccc(C(=O)CN2CCN(C(=O)Cc3cccs3)CC2)cc1. The first-order valence-corrected chi connectivity index (χ1v) is 9.23. The Hall–Kier alpha value is -2.18. The van der Waals surface area contributed by atoms with Gasteiger partial charge in [0, 0.05) is 36.6 Å². The fourth-order valence-electron chi connectivity index (χ4n) is 2.90. The van der Waals surface area contributed by atoms with Crippen molar-refractivity contribution in [1.82, 2.24) is 9.80 Å². The van der Waals surface area contributed by atoms with Crippen LogP contribution in [0, 0.1) is 0 Å². The molecule has 2 heterocycles. The number of benzene rings is 1. The third-order valence-corrected chi connectivity index (χ3v) is 5.29. The van der Waals surface area contributed by atoms with Gasteiger partial charge in [-0.05, 0) is 35.7 Å². The number of amides is 1. The van der Waals surface area contributed by atoms with Gasteiger partial charge in [0.15, 0.2) is 5.78 Å². The number of thiophene rings is 1. The zero-order valence-electron chi connectivity index (χ0n) is 14.3. The van der Waals surface area contributed by atoms with Crippen LogP contribution < -0.4 is 4.74 Å². The Balaban J connectivity index is 1.46. The number of carbonyl (C=O) groups is 2. The van der Waals surface area contributed by atoms with Gasteiger partial charge in [0.05, 0.1) is 20.1 Å². The highest BCUT2D eigenvalue weighted by Crippen LogP contribution is 2.14. The largest absolute Gasteiger partial charge is 0.497 e. The van der Waals surface area contributed by atoms with Gasteiger partial charge in [-0.25, -0.2) is 0 Å². The smallest absolute Gasteiger partial charge is 0.227 e. The van der Waals surface area contributed by atoms with Gasteiger partial charge >= 0.3 is 0 Å². The lowest BCUT2D eigenvalue weighted by Gasteiger charge is -2.34. The van der Waals surface area contributed by atoms with E-state index in [1.54, 1.807) is 42.7 Å². The number of ketones is 1. The minimum absolute atomic E-state index is 0.0982. The number of Topliss-reactive ketones (excluding diaryl/α,β-unsaturated/α-hetero) is 1. The highest BCUT2D eigenvalue weighted by molar-refractivity contribution is 7.10. The maximum atomic E-state index is 12.4. The molecule has 3 rings (SSSR count). The summed E-state index contributed by atoms with van der Waals surface area (Å²) >= 11 is 1.61. The van der Waals surface area contributed by atoms with Crippen molar-refractivity contribution in [2.75, 3.05) is 39.8 Å². The second-order valence-corrected chi connectivity index (χ2v) is 7.10. The lowest BCUT2D eigenvalue weighted by atomic mass is 10.1. The molecule has 2 aromatic rings. The van der Waals surface area contributed by atoms with Crippen LogP contribution in [0.3, 0.4) is 0 Å². The van der Waals surface area contributed by atoms with Crippen molar-refractivity contribution in [2.45, 2.75) is 6.42 Å². The Morgan fingerprint density at radius 1 is 1.08 bits per heavy atom. The third-order valence-electron chi connectivity index (χ3n) is 4.41. The molecular weight excluding hydrogens is 336 g/mol. The van der Waals surface area contributed by atoms with Gasteiger partial charge in [-0.1, -0.05) is 6.07 Å². The quantitative estimate of drug-likeness (QED) is 0.744. The average Bonchev–Trinajstić information content (AvgIpc) is 3.15. The van der Waals surface area contributed by atoms with E-state index >= 15 is 0 Å². The predicted molar refractivity (Wildman–Crippen MR) is 98.4 cm³/mol. The van der Waals surface area contributed by atoms with Gasteiger partial charge in [-0.3, -0.25) is 14.5 Å². The van der Waals surface area contributed by atoms with E-state index in [1.165, 1.54) is 0 Å². The van der Waals surface area contributed by atoms with Crippen molar-refractivity contribution >= 4 is 23.0 Å². The van der Waals surface area contributed by atoms with Crippen molar-refractivity contribution in [1.29, 1.82) is 0 Å². The first-order chi connectivity index (χ1) is 12.2. The molecule has 1 saturated heterocycles. The van der Waals surface area contributed by atoms with Crippen LogP contribution >= 0.6 is 11.3 Å². The normalized spacial score (nSPS) is 15.2. The number of hydrogen-bond acceptors (Lipinski definition) is 5. The van der Waals surface area contributed by atoms with Crippen LogP contribution in [0.1, 0.15) is 15.2 Å². The van der Waals surface area contributed by atoms with Gasteiger partial charge in [-0.2, -0.15) is 0 Å². The summed E-state index contributed by atoms with van der Waals surface area (Å²) in [5, 5.41) is 1.99. The fourth-order valence-corrected chi connectivity index (χ4v) is 3.60. The topological polar surface area (TPSA) is 49.9 Å². The molecule has 0 spiro atoms. The molecule has 1 fully saturated rings. The molecule has 25 heavy (non-hydrogen) atoms. The number of piperazine rings is 1. The van der Waals surface area contributed by atoms with E-state index in [0.29, 0.717) is 31.6 Å². The van der Waals surface area contributed by atoms with Crippen molar-refractivity contribution in [2.24, 2.45) is 0 Å². The summed E-state index contributed by atoms with van der Waals surface area (Å²) in [7, 11) is 1.61. The summed E-state index contributed by atoms with van der Waals surface area (Å²) in [5.74, 6) is 1.01. The second-order valence-electron chi connectivity index (χ2n) is 6.06. The Bertz CT molecular complexity index is 705. The molecule has 1 aromatic carbocycles. The third kappa shape index (κ3) is 4.67. The predicted octanol–water partition coefficient (Wildman–Crippen LogP) is 2.33. The molecule has 1 aliphatic rings. The highest BCUT2D eigenvalue weighted by Gasteiger charge is 2.23. The number of carbonyl (C=O) groups excluding carboxylic acids is 2. The van der Waals surface area contributed by atoms with Gasteiger partial charge in [0.25, 0.3) is 0 Å². The van der Waals surface area contributed by atoms with Crippen LogP contribution in [-0.4, -0.2) is 61.3 Å². The molecule has 1 aromatic heterocycles. The monoisotopic (exact) mass is 358 g/mol. The summed E-state index contributed by atoms with van der Waals surface area (Å²) in [6, 6.07) is 11.1. The Kier molecular flexibility index (Phi) is 5.83. The zero-order valence-corrected chi connectivity index (χ0v) is 15.1. The van der Waals surface area contributed by atoms with E-state index in [4.69, 9.17) is 4.74 Å². The molecular formula is C19H22N2O3S. The van der Waals surface area contributed by atoms with E-state index in [2.05, 4.69) is 4.90 Å². The molecule has 0 aliphatic carbocycles. The van der Waals surface area contributed by atoms with Crippen molar-refractivity contribution in [3.63, 3.8) is 0 Å². The second kappa shape index (κ2) is 8.27. The Labute approximate surface area is 151 Å². The molecule has 0 bridgehead atoms. The van der Waals surface area contributed by atoms with Crippen LogP contribution in [-0.2, 0) is 11.2 Å². The van der Waals surface area contributed by atoms with Gasteiger partial charge in [0.2, 0.25) is 5.91 Å². The van der Waals surface area contributed by atoms with E-state index < -0.39 is 0 Å². The van der Waals surface area contributed by atoms with Crippen LogP contribution in [0.4, 0.5) is 0 Å². The van der Waals surface area contributed by atoms with E-state index in [0.717, 1.165) is 23.7 Å². The molecule has 1 amide bonds. The van der Waals surface area contributed by atoms with Crippen LogP contribution in [0.2, 0.25) is 0 Å². The molecule has 0 saturated carbocycles. The van der Waals surface area contributed by atoms with E-state index in [9.17, 15) is 9.59 Å². The van der Waals surface area contributed by atoms with Gasteiger partial charge in [-0.15, -0.1) is 11.3 Å². The first kappa shape index (κ1) is 17.6. The molecule has 0 N–H and O–H groups in total. The summed E-state index contributed by atoms with van der Waals surface area (Å²) in [6.07, 6.45) is 0.475. The minimum Gasteiger partial charge on any atom is -0.497 e. The van der Waals surface area contributed by atoms with Gasteiger partial charge in [0.1, 0.15) is 5.75 Å². The minimum atomic E-state index is 0.0982. The van der Waals surface area contributed by atoms with E-state index in [-0.39, 0.29) is 11.7 Å². The molecule has 6 heteroatoms. The lowest BCUT2D eigenvalue weighted by Crippen LogP contribution is -2.50. The fraction of sp³-hybridized carbons (Fsp3) is 0.368. The maximum absolute atomic E-state index is 12.4. The summed E-state index contributed by atoms with van der Waals surface area (Å²) < 4.78 is 5.11. The van der Waals surface area contributed by atoms with Crippen LogP contribution in [0.5, 0.6) is 5.75 Å².